The molecule has 0 aliphatic heterocycles. The first-order valence-electron chi connectivity index (χ1n) is 4.39. The van der Waals surface area contributed by atoms with Crippen LogP contribution >= 0.6 is 0 Å². The summed E-state index contributed by atoms with van der Waals surface area (Å²) in [7, 11) is 0. The van der Waals surface area contributed by atoms with Crippen LogP contribution in [0.3, 0.4) is 0 Å². The summed E-state index contributed by atoms with van der Waals surface area (Å²) in [6.45, 7) is 1.51. The van der Waals surface area contributed by atoms with E-state index in [1.54, 1.807) is 0 Å². The van der Waals surface area contributed by atoms with Crippen molar-refractivity contribution in [2.45, 2.75) is 19.1 Å². The molecular formula is C10H10F3NO2. The Hall–Kier alpha value is -1.56. The fraction of sp³-hybridized carbons (Fsp3) is 0.300. The molecule has 0 aliphatic carbocycles. The van der Waals surface area contributed by atoms with Gasteiger partial charge in [0.1, 0.15) is 6.04 Å². The lowest BCUT2D eigenvalue weighted by atomic mass is 9.99. The molecule has 88 valence electrons. The molecule has 3 nitrogen and oxygen atoms in total. The summed E-state index contributed by atoms with van der Waals surface area (Å²) in [5.41, 5.74) is 4.78. The zero-order chi connectivity index (χ0) is 12.5. The van der Waals surface area contributed by atoms with E-state index in [1.165, 1.54) is 13.0 Å². The minimum absolute atomic E-state index is 0.0256. The van der Waals surface area contributed by atoms with Crippen LogP contribution in [-0.2, 0) is 11.0 Å². The van der Waals surface area contributed by atoms with Crippen LogP contribution in [0.25, 0.3) is 0 Å². The highest BCUT2D eigenvalue weighted by Gasteiger charge is 2.31. The minimum atomic E-state index is -4.50. The molecular weight excluding hydrogens is 223 g/mol. The molecule has 1 rings (SSSR count). The van der Waals surface area contributed by atoms with Gasteiger partial charge in [0.05, 0.1) is 5.56 Å². The standard InChI is InChI=1S/C10H10F3NO2/c1-5-2-3-6(10(11,12)13)4-7(5)8(14)9(15)16/h2-4,8H,14H2,1H3,(H,15,16)/t8-/m1/s1. The predicted molar refractivity (Wildman–Crippen MR) is 50.7 cm³/mol. The van der Waals surface area contributed by atoms with Crippen molar-refractivity contribution in [3.63, 3.8) is 0 Å². The van der Waals surface area contributed by atoms with Gasteiger partial charge in [0.2, 0.25) is 0 Å². The van der Waals surface area contributed by atoms with Crippen LogP contribution < -0.4 is 5.73 Å². The van der Waals surface area contributed by atoms with E-state index in [1.807, 2.05) is 0 Å². The summed E-state index contributed by atoms with van der Waals surface area (Å²) in [4.78, 5) is 10.6. The third-order valence-corrected chi connectivity index (χ3v) is 2.21. The van der Waals surface area contributed by atoms with Gasteiger partial charge in [0.25, 0.3) is 0 Å². The molecule has 0 amide bonds. The van der Waals surface area contributed by atoms with Crippen molar-refractivity contribution in [1.29, 1.82) is 0 Å². The van der Waals surface area contributed by atoms with Gasteiger partial charge in [-0.15, -0.1) is 0 Å². The van der Waals surface area contributed by atoms with E-state index < -0.39 is 23.8 Å². The van der Waals surface area contributed by atoms with Crippen molar-refractivity contribution in [1.82, 2.24) is 0 Å². The van der Waals surface area contributed by atoms with Crippen molar-refractivity contribution in [3.8, 4) is 0 Å². The topological polar surface area (TPSA) is 63.3 Å². The Labute approximate surface area is 89.7 Å². The van der Waals surface area contributed by atoms with Crippen molar-refractivity contribution in [2.24, 2.45) is 5.73 Å². The van der Waals surface area contributed by atoms with Crippen molar-refractivity contribution >= 4 is 5.97 Å². The molecule has 1 atom stereocenters. The Morgan fingerprint density at radius 1 is 1.44 bits per heavy atom. The molecule has 16 heavy (non-hydrogen) atoms. The van der Waals surface area contributed by atoms with E-state index in [4.69, 9.17) is 10.8 Å². The van der Waals surface area contributed by atoms with Crippen molar-refractivity contribution in [3.05, 3.63) is 34.9 Å². The van der Waals surface area contributed by atoms with Gasteiger partial charge in [0.15, 0.2) is 0 Å². The number of aliphatic carboxylic acids is 1. The SMILES string of the molecule is Cc1ccc(C(F)(F)F)cc1[C@@H](N)C(=O)O. The first-order valence-corrected chi connectivity index (χ1v) is 4.39. The quantitative estimate of drug-likeness (QED) is 0.822. The number of alkyl halides is 3. The number of carboxylic acids is 1. The second kappa shape index (κ2) is 4.13. The summed E-state index contributed by atoms with van der Waals surface area (Å²) >= 11 is 0. The third-order valence-electron chi connectivity index (χ3n) is 2.21. The first-order chi connectivity index (χ1) is 7.23. The summed E-state index contributed by atoms with van der Waals surface area (Å²) in [6.07, 6.45) is -4.50. The van der Waals surface area contributed by atoms with E-state index in [0.29, 0.717) is 5.56 Å². The Morgan fingerprint density at radius 2 is 2.00 bits per heavy atom. The molecule has 0 aromatic heterocycles. The molecule has 1 aromatic carbocycles. The van der Waals surface area contributed by atoms with Crippen molar-refractivity contribution in [2.75, 3.05) is 0 Å². The number of nitrogens with two attached hydrogens (primary N) is 1. The summed E-state index contributed by atoms with van der Waals surface area (Å²) in [6, 6.07) is 1.44. The van der Waals surface area contributed by atoms with Gasteiger partial charge in [-0.1, -0.05) is 6.07 Å². The zero-order valence-corrected chi connectivity index (χ0v) is 8.38. The van der Waals surface area contributed by atoms with E-state index in [2.05, 4.69) is 0 Å². The molecule has 0 radical (unpaired) electrons. The molecule has 0 heterocycles. The highest BCUT2D eigenvalue weighted by molar-refractivity contribution is 5.75. The maximum Gasteiger partial charge on any atom is 0.416 e. The number of halogens is 3. The molecule has 1 aromatic rings. The van der Waals surface area contributed by atoms with Gasteiger partial charge >= 0.3 is 12.1 Å². The fourth-order valence-corrected chi connectivity index (χ4v) is 1.28. The van der Waals surface area contributed by atoms with Crippen molar-refractivity contribution < 1.29 is 23.1 Å². The van der Waals surface area contributed by atoms with E-state index in [-0.39, 0.29) is 5.56 Å². The maximum atomic E-state index is 12.4. The largest absolute Gasteiger partial charge is 0.480 e. The highest BCUT2D eigenvalue weighted by atomic mass is 19.4. The van der Waals surface area contributed by atoms with Crippen LogP contribution in [0.1, 0.15) is 22.7 Å². The lowest BCUT2D eigenvalue weighted by molar-refractivity contribution is -0.140. The number of hydrogen-bond donors (Lipinski definition) is 2. The van der Waals surface area contributed by atoms with Gasteiger partial charge in [-0.2, -0.15) is 13.2 Å². The lowest BCUT2D eigenvalue weighted by Gasteiger charge is -2.13. The Kier molecular flexibility index (Phi) is 3.23. The monoisotopic (exact) mass is 233 g/mol. The molecule has 0 saturated carbocycles. The van der Waals surface area contributed by atoms with E-state index in [9.17, 15) is 18.0 Å². The molecule has 3 N–H and O–H groups in total. The number of carbonyl (C=O) groups is 1. The molecule has 0 unspecified atom stereocenters. The summed E-state index contributed by atoms with van der Waals surface area (Å²) in [5, 5.41) is 8.65. The van der Waals surface area contributed by atoms with Gasteiger partial charge < -0.3 is 10.8 Å². The smallest absolute Gasteiger partial charge is 0.416 e. The van der Waals surface area contributed by atoms with Crippen LogP contribution in [0, 0.1) is 6.92 Å². The van der Waals surface area contributed by atoms with Crippen LogP contribution in [0.2, 0.25) is 0 Å². The minimum Gasteiger partial charge on any atom is -0.480 e. The predicted octanol–water partition coefficient (Wildman–Crippen LogP) is 2.10. The maximum absolute atomic E-state index is 12.4. The number of carboxylic acid groups (broad SMARTS) is 1. The van der Waals surface area contributed by atoms with Gasteiger partial charge in [-0.25, -0.2) is 0 Å². The number of hydrogen-bond acceptors (Lipinski definition) is 2. The zero-order valence-electron chi connectivity index (χ0n) is 8.38. The Balaban J connectivity index is 3.24. The van der Waals surface area contributed by atoms with Crippen LogP contribution in [0.5, 0.6) is 0 Å². The number of aryl methyl sites for hydroxylation is 1. The molecule has 0 aliphatic rings. The lowest BCUT2D eigenvalue weighted by Crippen LogP contribution is -2.22. The van der Waals surface area contributed by atoms with Gasteiger partial charge in [-0.3, -0.25) is 4.79 Å². The van der Waals surface area contributed by atoms with E-state index >= 15 is 0 Å². The van der Waals surface area contributed by atoms with Gasteiger partial charge in [-0.05, 0) is 30.2 Å². The Morgan fingerprint density at radius 3 is 2.44 bits per heavy atom. The molecule has 0 fully saturated rings. The van der Waals surface area contributed by atoms with Crippen LogP contribution in [-0.4, -0.2) is 11.1 Å². The average molecular weight is 233 g/mol. The molecule has 0 saturated heterocycles. The molecule has 6 heteroatoms. The molecule has 0 spiro atoms. The van der Waals surface area contributed by atoms with Crippen LogP contribution in [0.15, 0.2) is 18.2 Å². The third kappa shape index (κ3) is 2.52. The average Bonchev–Trinajstić information content (AvgIpc) is 2.15. The van der Waals surface area contributed by atoms with E-state index in [0.717, 1.165) is 12.1 Å². The first kappa shape index (κ1) is 12.5. The normalized spacial score (nSPS) is 13.6. The Bertz CT molecular complexity index is 415. The fourth-order valence-electron chi connectivity index (χ4n) is 1.28. The molecule has 0 bridgehead atoms. The summed E-state index contributed by atoms with van der Waals surface area (Å²) in [5.74, 6) is -1.36. The highest BCUT2D eigenvalue weighted by Crippen LogP contribution is 2.31. The summed E-state index contributed by atoms with van der Waals surface area (Å²) < 4.78 is 37.1. The van der Waals surface area contributed by atoms with Gasteiger partial charge in [0, 0.05) is 0 Å². The van der Waals surface area contributed by atoms with Crippen LogP contribution in [0.4, 0.5) is 13.2 Å². The number of rotatable bonds is 2. The number of benzene rings is 1. The second-order valence-corrected chi connectivity index (χ2v) is 3.39. The second-order valence-electron chi connectivity index (χ2n) is 3.39.